The number of carbonyl (C=O) groups is 1. The molecular formula is C25H28N8O4. The number of benzene rings is 1. The summed E-state index contributed by atoms with van der Waals surface area (Å²) < 4.78 is 1.85. The first-order valence-electron chi connectivity index (χ1n) is 12.1. The first-order chi connectivity index (χ1) is 18.0. The number of anilines is 3. The maximum Gasteiger partial charge on any atom is 0.305 e. The zero-order chi connectivity index (χ0) is 25.8. The number of nitrogens with zero attached hydrogens (tertiary/aromatic N) is 8. The summed E-state index contributed by atoms with van der Waals surface area (Å²) in [5, 5.41) is 28.5. The topological polar surface area (TPSA) is 144 Å². The molecule has 0 spiro atoms. The van der Waals surface area contributed by atoms with Crippen molar-refractivity contribution in [1.82, 2.24) is 24.5 Å². The molecule has 0 unspecified atom stereocenters. The van der Waals surface area contributed by atoms with E-state index in [9.17, 15) is 20.1 Å². The summed E-state index contributed by atoms with van der Waals surface area (Å²) in [6.45, 7) is 3.06. The first-order valence-corrected chi connectivity index (χ1v) is 12.1. The SMILES string of the molecule is O=C(O)CCN(CCO)c1nc(N2CCN(c3ccc(O)cc3)CC2)nc2c1ncn2-c1ccncc1. The number of aromatic hydroxyl groups is 1. The molecule has 0 atom stereocenters. The molecule has 5 rings (SSSR count). The number of pyridine rings is 1. The number of aliphatic carboxylic acids is 1. The molecule has 0 amide bonds. The Kier molecular flexibility index (Phi) is 6.99. The average Bonchev–Trinajstić information content (AvgIpc) is 3.36. The molecule has 0 radical (unpaired) electrons. The molecule has 1 aliphatic heterocycles. The summed E-state index contributed by atoms with van der Waals surface area (Å²) in [5.74, 6) is 0.310. The highest BCUT2D eigenvalue weighted by molar-refractivity contribution is 5.86. The third-order valence-electron chi connectivity index (χ3n) is 6.35. The first kappa shape index (κ1) is 24.3. The van der Waals surface area contributed by atoms with E-state index in [1.165, 1.54) is 0 Å². The van der Waals surface area contributed by atoms with Crippen LogP contribution in [0.15, 0.2) is 55.1 Å². The lowest BCUT2D eigenvalue weighted by Gasteiger charge is -2.36. The predicted molar refractivity (Wildman–Crippen MR) is 139 cm³/mol. The van der Waals surface area contributed by atoms with Gasteiger partial charge in [-0.3, -0.25) is 14.3 Å². The van der Waals surface area contributed by atoms with Crippen molar-refractivity contribution < 1.29 is 20.1 Å². The van der Waals surface area contributed by atoms with E-state index in [1.54, 1.807) is 35.8 Å². The van der Waals surface area contributed by atoms with Crippen LogP contribution < -0.4 is 14.7 Å². The van der Waals surface area contributed by atoms with Crippen LogP contribution in [0.4, 0.5) is 17.5 Å². The zero-order valence-electron chi connectivity index (χ0n) is 20.2. The number of imidazole rings is 1. The van der Waals surface area contributed by atoms with Crippen LogP contribution in [0.5, 0.6) is 5.75 Å². The van der Waals surface area contributed by atoms with Crippen LogP contribution in [-0.4, -0.2) is 91.7 Å². The van der Waals surface area contributed by atoms with Crippen molar-refractivity contribution in [2.75, 3.05) is 60.6 Å². The number of phenolic OH excluding ortho intramolecular Hbond substituents is 1. The van der Waals surface area contributed by atoms with Gasteiger partial charge in [-0.15, -0.1) is 0 Å². The number of fused-ring (bicyclic) bond motifs is 1. The number of rotatable bonds is 9. The van der Waals surface area contributed by atoms with Gasteiger partial charge in [0.05, 0.1) is 18.7 Å². The number of aromatic nitrogens is 5. The number of carboxylic acids is 1. The van der Waals surface area contributed by atoms with E-state index < -0.39 is 5.97 Å². The summed E-state index contributed by atoms with van der Waals surface area (Å²) in [7, 11) is 0. The van der Waals surface area contributed by atoms with Crippen molar-refractivity contribution in [3.8, 4) is 11.4 Å². The van der Waals surface area contributed by atoms with Crippen molar-refractivity contribution in [3.05, 3.63) is 55.1 Å². The van der Waals surface area contributed by atoms with Crippen molar-refractivity contribution in [2.45, 2.75) is 6.42 Å². The van der Waals surface area contributed by atoms with Gasteiger partial charge in [-0.25, -0.2) is 4.98 Å². The lowest BCUT2D eigenvalue weighted by atomic mass is 10.2. The van der Waals surface area contributed by atoms with Gasteiger partial charge < -0.3 is 30.0 Å². The second-order valence-electron chi connectivity index (χ2n) is 8.68. The van der Waals surface area contributed by atoms with E-state index in [0.717, 1.165) is 24.5 Å². The fraction of sp³-hybridized carbons (Fsp3) is 0.320. The van der Waals surface area contributed by atoms with E-state index in [1.807, 2.05) is 28.8 Å². The Morgan fingerprint density at radius 3 is 2.30 bits per heavy atom. The molecule has 4 heterocycles. The van der Waals surface area contributed by atoms with E-state index >= 15 is 0 Å². The monoisotopic (exact) mass is 504 g/mol. The molecule has 1 fully saturated rings. The predicted octanol–water partition coefficient (Wildman–Crippen LogP) is 1.52. The van der Waals surface area contributed by atoms with Gasteiger partial charge in [0.25, 0.3) is 0 Å². The van der Waals surface area contributed by atoms with Crippen molar-refractivity contribution >= 4 is 34.6 Å². The largest absolute Gasteiger partial charge is 0.508 e. The number of aliphatic hydroxyl groups excluding tert-OH is 1. The third-order valence-corrected chi connectivity index (χ3v) is 6.35. The van der Waals surface area contributed by atoms with Crippen LogP contribution in [0.1, 0.15) is 6.42 Å². The van der Waals surface area contributed by atoms with Gasteiger partial charge >= 0.3 is 5.97 Å². The number of carboxylic acid groups (broad SMARTS) is 1. The second kappa shape index (κ2) is 10.7. The Labute approximate surface area is 213 Å². The van der Waals surface area contributed by atoms with Gasteiger partial charge in [-0.2, -0.15) is 9.97 Å². The van der Waals surface area contributed by atoms with Crippen LogP contribution in [0.25, 0.3) is 16.9 Å². The van der Waals surface area contributed by atoms with E-state index in [2.05, 4.69) is 19.8 Å². The minimum absolute atomic E-state index is 0.100. The van der Waals surface area contributed by atoms with Crippen LogP contribution in [-0.2, 0) is 4.79 Å². The molecule has 12 heteroatoms. The summed E-state index contributed by atoms with van der Waals surface area (Å²) in [5.41, 5.74) is 2.99. The molecule has 1 saturated heterocycles. The van der Waals surface area contributed by atoms with Gasteiger partial charge in [0, 0.05) is 57.3 Å². The fourth-order valence-electron chi connectivity index (χ4n) is 4.43. The smallest absolute Gasteiger partial charge is 0.305 e. The van der Waals surface area contributed by atoms with Crippen LogP contribution >= 0.6 is 0 Å². The fourth-order valence-corrected chi connectivity index (χ4v) is 4.43. The Morgan fingerprint density at radius 2 is 1.62 bits per heavy atom. The van der Waals surface area contributed by atoms with Crippen LogP contribution in [0.2, 0.25) is 0 Å². The van der Waals surface area contributed by atoms with Crippen LogP contribution in [0.3, 0.4) is 0 Å². The quantitative estimate of drug-likeness (QED) is 0.305. The minimum Gasteiger partial charge on any atom is -0.508 e. The van der Waals surface area contributed by atoms with E-state index in [0.29, 0.717) is 36.0 Å². The maximum absolute atomic E-state index is 11.3. The van der Waals surface area contributed by atoms with Gasteiger partial charge in [0.1, 0.15) is 12.1 Å². The molecule has 37 heavy (non-hydrogen) atoms. The summed E-state index contributed by atoms with van der Waals surface area (Å²) in [4.78, 5) is 35.8. The van der Waals surface area contributed by atoms with Crippen LogP contribution in [0, 0.1) is 0 Å². The highest BCUT2D eigenvalue weighted by Crippen LogP contribution is 2.29. The number of piperazine rings is 1. The van der Waals surface area contributed by atoms with Gasteiger partial charge in [0.2, 0.25) is 5.95 Å². The molecule has 3 aromatic heterocycles. The van der Waals surface area contributed by atoms with E-state index in [-0.39, 0.29) is 31.9 Å². The molecular weight excluding hydrogens is 476 g/mol. The molecule has 12 nitrogen and oxygen atoms in total. The molecule has 4 aromatic rings. The van der Waals surface area contributed by atoms with Crippen molar-refractivity contribution in [3.63, 3.8) is 0 Å². The number of aliphatic hydroxyl groups is 1. The summed E-state index contributed by atoms with van der Waals surface area (Å²) in [6, 6.07) is 10.9. The van der Waals surface area contributed by atoms with Gasteiger partial charge in [0.15, 0.2) is 17.0 Å². The van der Waals surface area contributed by atoms with E-state index in [4.69, 9.17) is 9.97 Å². The Hall–Kier alpha value is -4.45. The van der Waals surface area contributed by atoms with Gasteiger partial charge in [-0.1, -0.05) is 0 Å². The number of phenols is 1. The maximum atomic E-state index is 11.3. The highest BCUT2D eigenvalue weighted by Gasteiger charge is 2.25. The molecule has 1 aliphatic rings. The molecule has 0 saturated carbocycles. The molecule has 0 bridgehead atoms. The zero-order valence-corrected chi connectivity index (χ0v) is 20.2. The molecule has 0 aliphatic carbocycles. The van der Waals surface area contributed by atoms with Crippen molar-refractivity contribution in [1.29, 1.82) is 0 Å². The summed E-state index contributed by atoms with van der Waals surface area (Å²) >= 11 is 0. The highest BCUT2D eigenvalue weighted by atomic mass is 16.4. The third kappa shape index (κ3) is 5.23. The number of hydrogen-bond donors (Lipinski definition) is 3. The van der Waals surface area contributed by atoms with Crippen molar-refractivity contribution in [2.24, 2.45) is 0 Å². The second-order valence-corrected chi connectivity index (χ2v) is 8.68. The molecule has 192 valence electrons. The Bertz CT molecular complexity index is 1350. The normalized spacial score (nSPS) is 13.8. The standard InChI is InChI=1S/C25H28N8O4/c34-16-15-31(10-7-21(36)37)23-22-24(33(17-27-22)19-5-8-26-9-6-19)29-25(28-23)32-13-11-30(12-14-32)18-1-3-20(35)4-2-18/h1-6,8-9,17,34-35H,7,10-16H2,(H,36,37). The summed E-state index contributed by atoms with van der Waals surface area (Å²) in [6.07, 6.45) is 4.95. The lowest BCUT2D eigenvalue weighted by molar-refractivity contribution is -0.136. The minimum atomic E-state index is -0.930. The molecule has 1 aromatic carbocycles. The molecule has 3 N–H and O–H groups in total. The lowest BCUT2D eigenvalue weighted by Crippen LogP contribution is -2.47. The average molecular weight is 505 g/mol. The Balaban J connectivity index is 1.50. The Morgan fingerprint density at radius 1 is 0.919 bits per heavy atom. The number of hydrogen-bond acceptors (Lipinski definition) is 10. The van der Waals surface area contributed by atoms with Gasteiger partial charge in [-0.05, 0) is 36.4 Å².